The van der Waals surface area contributed by atoms with Crippen LogP contribution >= 0.6 is 11.6 Å². The van der Waals surface area contributed by atoms with Crippen molar-refractivity contribution in [3.05, 3.63) is 100 Å². The van der Waals surface area contributed by atoms with Crippen LogP contribution in [0.4, 0.5) is 16.2 Å². The monoisotopic (exact) mass is 426 g/mol. The van der Waals surface area contributed by atoms with Gasteiger partial charge in [0.25, 0.3) is 10.0 Å². The zero-order chi connectivity index (χ0) is 20.9. The molecule has 0 unspecified atom stereocenters. The molecule has 0 fully saturated rings. The highest BCUT2D eigenvalue weighted by Crippen LogP contribution is 2.25. The van der Waals surface area contributed by atoms with E-state index in [2.05, 4.69) is 4.72 Å². The Balaban J connectivity index is 1.89. The van der Waals surface area contributed by atoms with Crippen molar-refractivity contribution in [2.24, 2.45) is 0 Å². The number of benzene rings is 3. The summed E-state index contributed by atoms with van der Waals surface area (Å²) in [4.78, 5) is 14.3. The van der Waals surface area contributed by atoms with Gasteiger partial charge < -0.3 is 0 Å². The highest BCUT2D eigenvalue weighted by Gasteiger charge is 2.24. The number of urea groups is 1. The van der Waals surface area contributed by atoms with Crippen LogP contribution in [0, 0.1) is 0 Å². The SMILES string of the molecule is CC(=Cc1ccc(Cl)cc1)S(=O)(=O)NC(=O)N(c1ccccc1)c1ccccc1. The van der Waals surface area contributed by atoms with Crippen molar-refractivity contribution in [3.63, 3.8) is 0 Å². The zero-order valence-electron chi connectivity index (χ0n) is 15.6. The molecule has 5 nitrogen and oxygen atoms in total. The van der Waals surface area contributed by atoms with E-state index < -0.39 is 16.1 Å². The Labute approximate surface area is 175 Å². The number of para-hydroxylation sites is 2. The first kappa shape index (κ1) is 20.6. The van der Waals surface area contributed by atoms with Crippen molar-refractivity contribution >= 4 is 45.1 Å². The lowest BCUT2D eigenvalue weighted by Gasteiger charge is -2.23. The molecule has 3 rings (SSSR count). The Morgan fingerprint density at radius 3 is 1.83 bits per heavy atom. The number of nitrogens with one attached hydrogen (secondary N) is 1. The molecule has 3 aromatic rings. The quantitative estimate of drug-likeness (QED) is 0.579. The fraction of sp³-hybridized carbons (Fsp3) is 0.0455. The third-order valence-electron chi connectivity index (χ3n) is 4.12. The molecule has 2 amide bonds. The normalized spacial score (nSPS) is 11.7. The standard InChI is InChI=1S/C22H19ClN2O3S/c1-17(16-18-12-14-19(23)15-13-18)29(27,28)24-22(26)25(20-8-4-2-5-9-20)21-10-6-3-7-11-21/h2-16H,1H3,(H,24,26). The van der Waals surface area contributed by atoms with Crippen LogP contribution in [0.5, 0.6) is 0 Å². The van der Waals surface area contributed by atoms with Crippen LogP contribution in [0.15, 0.2) is 89.8 Å². The minimum Gasteiger partial charge on any atom is -0.262 e. The topological polar surface area (TPSA) is 66.5 Å². The minimum absolute atomic E-state index is 0.00856. The number of carbonyl (C=O) groups is 1. The molecule has 7 heteroatoms. The van der Waals surface area contributed by atoms with Crippen LogP contribution in [0.25, 0.3) is 6.08 Å². The van der Waals surface area contributed by atoms with E-state index in [4.69, 9.17) is 11.6 Å². The largest absolute Gasteiger partial charge is 0.340 e. The molecule has 0 radical (unpaired) electrons. The summed E-state index contributed by atoms with van der Waals surface area (Å²) in [5.74, 6) is 0. The van der Waals surface area contributed by atoms with Gasteiger partial charge in [-0.2, -0.15) is 0 Å². The van der Waals surface area contributed by atoms with E-state index >= 15 is 0 Å². The molecule has 0 aliphatic heterocycles. The maximum absolute atomic E-state index is 13.0. The van der Waals surface area contributed by atoms with Gasteiger partial charge in [0.1, 0.15) is 0 Å². The minimum atomic E-state index is -4.04. The van der Waals surface area contributed by atoms with Crippen LogP contribution in [-0.2, 0) is 10.0 Å². The van der Waals surface area contributed by atoms with Gasteiger partial charge in [-0.05, 0) is 55.0 Å². The average molecular weight is 427 g/mol. The fourth-order valence-electron chi connectivity index (χ4n) is 2.65. The van der Waals surface area contributed by atoms with Gasteiger partial charge in [-0.1, -0.05) is 60.1 Å². The summed E-state index contributed by atoms with van der Waals surface area (Å²) in [6.45, 7) is 1.43. The van der Waals surface area contributed by atoms with Gasteiger partial charge in [0.2, 0.25) is 0 Å². The van der Waals surface area contributed by atoms with Crippen LogP contribution < -0.4 is 9.62 Å². The number of rotatable bonds is 5. The summed E-state index contributed by atoms with van der Waals surface area (Å²) in [6, 6.07) is 23.6. The van der Waals surface area contributed by atoms with Crippen molar-refractivity contribution in [1.29, 1.82) is 0 Å². The summed E-state index contributed by atoms with van der Waals surface area (Å²) >= 11 is 5.86. The number of carbonyl (C=O) groups excluding carboxylic acids is 1. The maximum Gasteiger partial charge on any atom is 0.340 e. The molecule has 0 atom stereocenters. The van der Waals surface area contributed by atoms with Crippen molar-refractivity contribution in [3.8, 4) is 0 Å². The molecule has 1 N–H and O–H groups in total. The van der Waals surface area contributed by atoms with E-state index in [-0.39, 0.29) is 4.91 Å². The number of anilines is 2. The van der Waals surface area contributed by atoms with Crippen LogP contribution in [-0.4, -0.2) is 14.4 Å². The second-order valence-electron chi connectivity index (χ2n) is 6.22. The Morgan fingerprint density at radius 2 is 1.34 bits per heavy atom. The summed E-state index contributed by atoms with van der Waals surface area (Å²) in [5.41, 5.74) is 1.75. The summed E-state index contributed by atoms with van der Waals surface area (Å²) in [7, 11) is -4.04. The highest BCUT2D eigenvalue weighted by molar-refractivity contribution is 7.94. The zero-order valence-corrected chi connectivity index (χ0v) is 17.2. The predicted octanol–water partition coefficient (Wildman–Crippen LogP) is 5.58. The Kier molecular flexibility index (Phi) is 6.36. The van der Waals surface area contributed by atoms with Gasteiger partial charge in [0, 0.05) is 5.02 Å². The number of hydrogen-bond donors (Lipinski definition) is 1. The molecule has 0 heterocycles. The second-order valence-corrected chi connectivity index (χ2v) is 8.52. The van der Waals surface area contributed by atoms with Crippen molar-refractivity contribution in [2.45, 2.75) is 6.92 Å². The molecular weight excluding hydrogens is 408 g/mol. The van der Waals surface area contributed by atoms with Crippen molar-refractivity contribution in [1.82, 2.24) is 4.72 Å². The summed E-state index contributed by atoms with van der Waals surface area (Å²) in [6.07, 6.45) is 1.47. The first-order valence-electron chi connectivity index (χ1n) is 8.78. The number of allylic oxidation sites excluding steroid dienone is 1. The van der Waals surface area contributed by atoms with Gasteiger partial charge in [0.05, 0.1) is 16.3 Å². The Bertz CT molecular complexity index is 1070. The summed E-state index contributed by atoms with van der Waals surface area (Å²) < 4.78 is 27.6. The third kappa shape index (κ3) is 5.25. The molecule has 0 saturated heterocycles. The molecule has 0 aliphatic carbocycles. The molecule has 29 heavy (non-hydrogen) atoms. The van der Waals surface area contributed by atoms with E-state index in [1.165, 1.54) is 17.9 Å². The Morgan fingerprint density at radius 1 is 0.862 bits per heavy atom. The van der Waals surface area contributed by atoms with Crippen molar-refractivity contribution < 1.29 is 13.2 Å². The molecular formula is C22H19ClN2O3S. The fourth-order valence-corrected chi connectivity index (χ4v) is 3.55. The lowest BCUT2D eigenvalue weighted by molar-refractivity contribution is 0.253. The van der Waals surface area contributed by atoms with E-state index in [1.54, 1.807) is 72.8 Å². The first-order valence-corrected chi connectivity index (χ1v) is 10.6. The van der Waals surface area contributed by atoms with Gasteiger partial charge >= 0.3 is 6.03 Å². The molecule has 0 bridgehead atoms. The molecule has 0 aliphatic rings. The molecule has 0 spiro atoms. The van der Waals surface area contributed by atoms with E-state index in [0.717, 1.165) is 0 Å². The smallest absolute Gasteiger partial charge is 0.262 e. The average Bonchev–Trinajstić information content (AvgIpc) is 2.71. The molecule has 3 aromatic carbocycles. The van der Waals surface area contributed by atoms with Crippen LogP contribution in [0.2, 0.25) is 5.02 Å². The predicted molar refractivity (Wildman–Crippen MR) is 118 cm³/mol. The number of sulfonamides is 1. The van der Waals surface area contributed by atoms with Crippen molar-refractivity contribution in [2.75, 3.05) is 4.90 Å². The first-order chi connectivity index (χ1) is 13.9. The van der Waals surface area contributed by atoms with E-state index in [9.17, 15) is 13.2 Å². The number of nitrogens with zero attached hydrogens (tertiary/aromatic N) is 1. The van der Waals surface area contributed by atoms with Crippen LogP contribution in [0.1, 0.15) is 12.5 Å². The third-order valence-corrected chi connectivity index (χ3v) is 5.78. The van der Waals surface area contributed by atoms with Crippen LogP contribution in [0.3, 0.4) is 0 Å². The lowest BCUT2D eigenvalue weighted by Crippen LogP contribution is -2.40. The number of hydrogen-bond acceptors (Lipinski definition) is 3. The van der Waals surface area contributed by atoms with Gasteiger partial charge in [0.15, 0.2) is 0 Å². The Hall–Kier alpha value is -3.09. The molecule has 0 saturated carbocycles. The van der Waals surface area contributed by atoms with E-state index in [0.29, 0.717) is 22.0 Å². The van der Waals surface area contributed by atoms with Gasteiger partial charge in [-0.3, -0.25) is 4.90 Å². The second kappa shape index (κ2) is 8.94. The number of halogens is 1. The molecule has 0 aromatic heterocycles. The van der Waals surface area contributed by atoms with E-state index in [1.807, 2.05) is 12.1 Å². The molecule has 148 valence electrons. The summed E-state index contributed by atoms with van der Waals surface area (Å²) in [5, 5.41) is 0.553. The highest BCUT2D eigenvalue weighted by atomic mass is 35.5. The lowest BCUT2D eigenvalue weighted by atomic mass is 10.2. The number of amides is 2. The van der Waals surface area contributed by atoms with Gasteiger partial charge in [-0.15, -0.1) is 0 Å². The maximum atomic E-state index is 13.0. The van der Waals surface area contributed by atoms with Gasteiger partial charge in [-0.25, -0.2) is 17.9 Å².